The van der Waals surface area contributed by atoms with Gasteiger partial charge in [-0.3, -0.25) is 14.4 Å². The lowest BCUT2D eigenvalue weighted by molar-refractivity contribution is -0.124. The summed E-state index contributed by atoms with van der Waals surface area (Å²) < 4.78 is 0. The average molecular weight is 428 g/mol. The number of thiophene rings is 1. The number of piperidine rings is 1. The summed E-state index contributed by atoms with van der Waals surface area (Å²) in [5, 5.41) is 7.80. The third-order valence-corrected chi connectivity index (χ3v) is 6.18. The Balaban J connectivity index is 1.66. The first-order valence-electron chi connectivity index (χ1n) is 10.4. The number of hydrogen-bond acceptors (Lipinski definition) is 4. The Morgan fingerprint density at radius 3 is 2.37 bits per heavy atom. The zero-order valence-corrected chi connectivity index (χ0v) is 18.3. The van der Waals surface area contributed by atoms with Gasteiger partial charge in [0, 0.05) is 25.2 Å². The maximum Gasteiger partial charge on any atom is 0.263 e. The predicted molar refractivity (Wildman–Crippen MR) is 118 cm³/mol. The highest BCUT2D eigenvalue weighted by Crippen LogP contribution is 2.24. The van der Waals surface area contributed by atoms with Crippen molar-refractivity contribution >= 4 is 29.1 Å². The molecule has 0 bridgehead atoms. The Morgan fingerprint density at radius 2 is 1.77 bits per heavy atom. The van der Waals surface area contributed by atoms with Gasteiger partial charge in [0.1, 0.15) is 6.04 Å². The number of hydrogen-bond donors (Lipinski definition) is 2. The molecule has 160 valence electrons. The topological polar surface area (TPSA) is 78.5 Å². The largest absolute Gasteiger partial charge is 0.354 e. The number of carbonyl (C=O) groups is 3. The van der Waals surface area contributed by atoms with Crippen LogP contribution < -0.4 is 10.6 Å². The van der Waals surface area contributed by atoms with Gasteiger partial charge in [0.05, 0.1) is 4.88 Å². The molecule has 30 heavy (non-hydrogen) atoms. The van der Waals surface area contributed by atoms with E-state index in [2.05, 4.69) is 10.6 Å². The Labute approximate surface area is 181 Å². The summed E-state index contributed by atoms with van der Waals surface area (Å²) in [6.45, 7) is 5.79. The minimum atomic E-state index is -0.615. The molecule has 1 atom stereocenters. The fourth-order valence-electron chi connectivity index (χ4n) is 3.62. The van der Waals surface area contributed by atoms with E-state index in [-0.39, 0.29) is 23.6 Å². The zero-order chi connectivity index (χ0) is 21.5. The molecule has 2 N–H and O–H groups in total. The lowest BCUT2D eigenvalue weighted by Crippen LogP contribution is -2.54. The molecule has 7 heteroatoms. The van der Waals surface area contributed by atoms with Crippen molar-refractivity contribution in [1.29, 1.82) is 0 Å². The SMILES string of the molecule is CC(C)CNC(=O)C(NC(=O)c1ccccc1)C1CCN(C(=O)c2cccs2)CC1. The molecule has 1 unspecified atom stereocenters. The standard InChI is InChI=1S/C23H29N3O3S/c1-16(2)15-24-22(28)20(25-21(27)18-7-4-3-5-8-18)17-10-12-26(13-11-17)23(29)19-9-6-14-30-19/h3-9,14,16-17,20H,10-13,15H2,1-2H3,(H,24,28)(H,25,27). The van der Waals surface area contributed by atoms with Crippen LogP contribution in [0, 0.1) is 11.8 Å². The highest BCUT2D eigenvalue weighted by atomic mass is 32.1. The van der Waals surface area contributed by atoms with Crippen LogP contribution in [0.2, 0.25) is 0 Å². The molecular weight excluding hydrogens is 398 g/mol. The van der Waals surface area contributed by atoms with Gasteiger partial charge in [0.2, 0.25) is 5.91 Å². The number of likely N-dealkylation sites (tertiary alicyclic amines) is 1. The number of carbonyl (C=O) groups excluding carboxylic acids is 3. The molecule has 6 nitrogen and oxygen atoms in total. The van der Waals surface area contributed by atoms with E-state index in [9.17, 15) is 14.4 Å². The van der Waals surface area contributed by atoms with Crippen molar-refractivity contribution in [2.45, 2.75) is 32.7 Å². The zero-order valence-electron chi connectivity index (χ0n) is 17.5. The molecule has 1 aliphatic heterocycles. The first-order chi connectivity index (χ1) is 14.5. The molecule has 1 aromatic heterocycles. The number of rotatable bonds is 7. The third kappa shape index (κ3) is 5.69. The molecule has 0 radical (unpaired) electrons. The van der Waals surface area contributed by atoms with Gasteiger partial charge in [-0.05, 0) is 48.3 Å². The van der Waals surface area contributed by atoms with E-state index in [1.54, 1.807) is 24.3 Å². The molecule has 0 aliphatic carbocycles. The minimum absolute atomic E-state index is 0.0165. The molecule has 1 aromatic carbocycles. The average Bonchev–Trinajstić information content (AvgIpc) is 3.31. The highest BCUT2D eigenvalue weighted by molar-refractivity contribution is 7.12. The van der Waals surface area contributed by atoms with Crippen LogP contribution in [0.15, 0.2) is 47.8 Å². The van der Waals surface area contributed by atoms with Crippen molar-refractivity contribution in [3.05, 3.63) is 58.3 Å². The molecule has 1 saturated heterocycles. The van der Waals surface area contributed by atoms with E-state index in [4.69, 9.17) is 0 Å². The van der Waals surface area contributed by atoms with Gasteiger partial charge in [-0.1, -0.05) is 38.1 Å². The molecular formula is C23H29N3O3S. The maximum absolute atomic E-state index is 12.9. The van der Waals surface area contributed by atoms with Gasteiger partial charge in [0.15, 0.2) is 0 Å². The summed E-state index contributed by atoms with van der Waals surface area (Å²) in [7, 11) is 0. The van der Waals surface area contributed by atoms with Crippen LogP contribution in [-0.4, -0.2) is 48.3 Å². The maximum atomic E-state index is 12.9. The summed E-state index contributed by atoms with van der Waals surface area (Å²) in [5.74, 6) is -0.0621. The summed E-state index contributed by atoms with van der Waals surface area (Å²) in [4.78, 5) is 40.8. The molecule has 1 aliphatic rings. The molecule has 1 fully saturated rings. The van der Waals surface area contributed by atoms with Crippen molar-refractivity contribution in [2.24, 2.45) is 11.8 Å². The van der Waals surface area contributed by atoms with Crippen molar-refractivity contribution < 1.29 is 14.4 Å². The molecule has 3 amide bonds. The quantitative estimate of drug-likeness (QED) is 0.712. The van der Waals surface area contributed by atoms with E-state index in [1.165, 1.54) is 11.3 Å². The number of benzene rings is 1. The van der Waals surface area contributed by atoms with E-state index in [0.29, 0.717) is 44.0 Å². The van der Waals surface area contributed by atoms with E-state index in [1.807, 2.05) is 42.3 Å². The second-order valence-corrected chi connectivity index (χ2v) is 9.01. The van der Waals surface area contributed by atoms with Crippen LogP contribution in [0.3, 0.4) is 0 Å². The van der Waals surface area contributed by atoms with Crippen LogP contribution in [-0.2, 0) is 4.79 Å². The normalized spacial score (nSPS) is 15.6. The van der Waals surface area contributed by atoms with Crippen LogP contribution in [0.25, 0.3) is 0 Å². The Morgan fingerprint density at radius 1 is 1.07 bits per heavy atom. The van der Waals surface area contributed by atoms with Gasteiger partial charge in [-0.15, -0.1) is 11.3 Å². The van der Waals surface area contributed by atoms with Crippen molar-refractivity contribution in [2.75, 3.05) is 19.6 Å². The molecule has 2 heterocycles. The Bertz CT molecular complexity index is 844. The minimum Gasteiger partial charge on any atom is -0.354 e. The first kappa shape index (κ1) is 22.0. The summed E-state index contributed by atoms with van der Waals surface area (Å²) in [5.41, 5.74) is 0.532. The second kappa shape index (κ2) is 10.4. The van der Waals surface area contributed by atoms with Crippen molar-refractivity contribution in [3.8, 4) is 0 Å². The van der Waals surface area contributed by atoms with Gasteiger partial charge >= 0.3 is 0 Å². The fourth-order valence-corrected chi connectivity index (χ4v) is 4.31. The molecule has 0 spiro atoms. The molecule has 3 rings (SSSR count). The first-order valence-corrected chi connectivity index (χ1v) is 11.3. The molecule has 2 aromatic rings. The molecule has 0 saturated carbocycles. The number of nitrogens with one attached hydrogen (secondary N) is 2. The monoisotopic (exact) mass is 427 g/mol. The van der Waals surface area contributed by atoms with Crippen LogP contribution in [0.5, 0.6) is 0 Å². The van der Waals surface area contributed by atoms with Crippen LogP contribution in [0.4, 0.5) is 0 Å². The lowest BCUT2D eigenvalue weighted by Gasteiger charge is -2.35. The van der Waals surface area contributed by atoms with E-state index >= 15 is 0 Å². The van der Waals surface area contributed by atoms with Gasteiger partial charge in [0.25, 0.3) is 11.8 Å². The lowest BCUT2D eigenvalue weighted by atomic mass is 9.88. The fraction of sp³-hybridized carbons (Fsp3) is 0.435. The predicted octanol–water partition coefficient (Wildman–Crippen LogP) is 3.17. The summed E-state index contributed by atoms with van der Waals surface area (Å²) in [6.07, 6.45) is 1.35. The van der Waals surface area contributed by atoms with Gasteiger partial charge in [-0.25, -0.2) is 0 Å². The van der Waals surface area contributed by atoms with Crippen LogP contribution in [0.1, 0.15) is 46.7 Å². The Kier molecular flexibility index (Phi) is 7.63. The van der Waals surface area contributed by atoms with E-state index < -0.39 is 6.04 Å². The Hall–Kier alpha value is -2.67. The summed E-state index contributed by atoms with van der Waals surface area (Å²) >= 11 is 1.44. The van der Waals surface area contributed by atoms with E-state index in [0.717, 1.165) is 4.88 Å². The highest BCUT2D eigenvalue weighted by Gasteiger charge is 2.34. The smallest absolute Gasteiger partial charge is 0.263 e. The third-order valence-electron chi connectivity index (χ3n) is 5.32. The summed E-state index contributed by atoms with van der Waals surface area (Å²) in [6, 6.07) is 12.0. The van der Waals surface area contributed by atoms with Crippen molar-refractivity contribution in [3.63, 3.8) is 0 Å². The van der Waals surface area contributed by atoms with Gasteiger partial charge in [-0.2, -0.15) is 0 Å². The second-order valence-electron chi connectivity index (χ2n) is 8.06. The number of nitrogens with zero attached hydrogens (tertiary/aromatic N) is 1. The van der Waals surface area contributed by atoms with Crippen molar-refractivity contribution in [1.82, 2.24) is 15.5 Å². The number of amides is 3. The van der Waals surface area contributed by atoms with Gasteiger partial charge < -0.3 is 15.5 Å². The van der Waals surface area contributed by atoms with Crippen LogP contribution >= 0.6 is 11.3 Å².